The Morgan fingerprint density at radius 2 is 2.23 bits per heavy atom. The summed E-state index contributed by atoms with van der Waals surface area (Å²) in [6.07, 6.45) is 0.527. The maximum absolute atomic E-state index is 10.4. The monoisotopic (exact) mass is 183 g/mol. The molecule has 1 aliphatic carbocycles. The van der Waals surface area contributed by atoms with Crippen molar-refractivity contribution in [3.63, 3.8) is 0 Å². The molecule has 1 aromatic rings. The van der Waals surface area contributed by atoms with E-state index in [2.05, 4.69) is 14.9 Å². The van der Waals surface area contributed by atoms with Gasteiger partial charge < -0.3 is 5.11 Å². The van der Waals surface area contributed by atoms with Crippen molar-refractivity contribution in [1.82, 2.24) is 10.3 Å². The number of fused-ring (bicyclic) bond motifs is 1. The van der Waals surface area contributed by atoms with Gasteiger partial charge in [0.25, 0.3) is 5.70 Å². The summed E-state index contributed by atoms with van der Waals surface area (Å²) in [5, 5.41) is 26.6. The Morgan fingerprint density at radius 3 is 2.92 bits per heavy atom. The number of aromatic nitrogens is 2. The molecule has 0 aromatic carbocycles. The molecule has 0 unspecified atom stereocenters. The van der Waals surface area contributed by atoms with E-state index in [1.165, 1.54) is 0 Å². The smallest absolute Gasteiger partial charge is 0.290 e. The predicted molar refractivity (Wildman–Crippen MR) is 39.2 cm³/mol. The number of aliphatic hydroxyl groups excluding tert-OH is 1. The van der Waals surface area contributed by atoms with E-state index in [0.717, 1.165) is 0 Å². The van der Waals surface area contributed by atoms with Crippen LogP contribution < -0.4 is 0 Å². The molecule has 0 bridgehead atoms. The first-order valence-electron chi connectivity index (χ1n) is 3.58. The molecule has 13 heavy (non-hydrogen) atoms. The summed E-state index contributed by atoms with van der Waals surface area (Å²) in [4.78, 5) is 9.79. The van der Waals surface area contributed by atoms with Crippen LogP contribution in [-0.4, -0.2) is 20.3 Å². The highest BCUT2D eigenvalue weighted by Gasteiger charge is 2.30. The third kappa shape index (κ3) is 1.05. The molecule has 7 heteroatoms. The second-order valence-corrected chi connectivity index (χ2v) is 2.61. The van der Waals surface area contributed by atoms with E-state index in [-0.39, 0.29) is 17.8 Å². The predicted octanol–water partition coefficient (Wildman–Crippen LogP) is 0.519. The number of aliphatic hydroxyl groups is 1. The lowest BCUT2D eigenvalue weighted by atomic mass is 10.0. The minimum atomic E-state index is -0.618. The Kier molecular flexibility index (Phi) is 1.51. The van der Waals surface area contributed by atoms with Crippen molar-refractivity contribution in [2.45, 2.75) is 12.8 Å². The van der Waals surface area contributed by atoms with Gasteiger partial charge in [0.2, 0.25) is 5.76 Å². The van der Waals surface area contributed by atoms with Crippen LogP contribution in [0.25, 0.3) is 5.76 Å². The van der Waals surface area contributed by atoms with Gasteiger partial charge in [0, 0.05) is 12.8 Å². The Labute approximate surface area is 71.8 Å². The van der Waals surface area contributed by atoms with Crippen molar-refractivity contribution in [3.8, 4) is 0 Å². The van der Waals surface area contributed by atoms with Crippen molar-refractivity contribution < 1.29 is 14.7 Å². The third-order valence-corrected chi connectivity index (χ3v) is 1.87. The first kappa shape index (κ1) is 7.71. The molecule has 0 amide bonds. The van der Waals surface area contributed by atoms with E-state index in [1.54, 1.807) is 0 Å². The van der Waals surface area contributed by atoms with E-state index in [9.17, 15) is 15.2 Å². The Balaban J connectivity index is 2.54. The zero-order chi connectivity index (χ0) is 9.42. The SMILES string of the molecule is O=[N+]([O-])C1=C(O)c2nonc2CC1. The normalized spacial score (nSPS) is 15.7. The molecular formula is C6H5N3O4. The van der Waals surface area contributed by atoms with Crippen LogP contribution in [-0.2, 0) is 6.42 Å². The topological polar surface area (TPSA) is 102 Å². The van der Waals surface area contributed by atoms with Crippen LogP contribution in [0.5, 0.6) is 0 Å². The van der Waals surface area contributed by atoms with Crippen molar-refractivity contribution in [2.75, 3.05) is 0 Å². The molecule has 2 rings (SSSR count). The Bertz CT molecular complexity index is 394. The van der Waals surface area contributed by atoms with Gasteiger partial charge in [-0.15, -0.1) is 0 Å². The molecule has 0 saturated carbocycles. The zero-order valence-corrected chi connectivity index (χ0v) is 6.43. The lowest BCUT2D eigenvalue weighted by Gasteiger charge is -2.05. The van der Waals surface area contributed by atoms with E-state index in [0.29, 0.717) is 12.1 Å². The number of nitro groups is 1. The number of hydrogen-bond donors (Lipinski definition) is 1. The molecular weight excluding hydrogens is 178 g/mol. The van der Waals surface area contributed by atoms with Crippen LogP contribution in [0.1, 0.15) is 17.8 Å². The van der Waals surface area contributed by atoms with Crippen LogP contribution >= 0.6 is 0 Å². The molecule has 1 aliphatic rings. The largest absolute Gasteiger partial charge is 0.501 e. The van der Waals surface area contributed by atoms with Gasteiger partial charge in [-0.25, -0.2) is 4.63 Å². The summed E-state index contributed by atoms with van der Waals surface area (Å²) in [6, 6.07) is 0. The second-order valence-electron chi connectivity index (χ2n) is 2.61. The quantitative estimate of drug-likeness (QED) is 0.502. The Morgan fingerprint density at radius 1 is 1.46 bits per heavy atom. The van der Waals surface area contributed by atoms with Crippen LogP contribution in [0, 0.1) is 10.1 Å². The number of nitrogens with zero attached hydrogens (tertiary/aromatic N) is 3. The molecule has 0 aliphatic heterocycles. The maximum Gasteiger partial charge on any atom is 0.290 e. The molecule has 7 nitrogen and oxygen atoms in total. The van der Waals surface area contributed by atoms with E-state index in [4.69, 9.17) is 0 Å². The fourth-order valence-electron chi connectivity index (χ4n) is 1.22. The van der Waals surface area contributed by atoms with Crippen LogP contribution in [0.2, 0.25) is 0 Å². The number of aryl methyl sites for hydroxylation is 1. The third-order valence-electron chi connectivity index (χ3n) is 1.87. The summed E-state index contributed by atoms with van der Waals surface area (Å²) in [6.45, 7) is 0. The first-order valence-corrected chi connectivity index (χ1v) is 3.58. The lowest BCUT2D eigenvalue weighted by Crippen LogP contribution is -2.10. The summed E-state index contributed by atoms with van der Waals surface area (Å²) < 4.78 is 4.35. The van der Waals surface area contributed by atoms with E-state index >= 15 is 0 Å². The average Bonchev–Trinajstić information content (AvgIpc) is 2.52. The zero-order valence-electron chi connectivity index (χ0n) is 6.43. The van der Waals surface area contributed by atoms with Gasteiger partial charge >= 0.3 is 0 Å². The van der Waals surface area contributed by atoms with Gasteiger partial charge in [-0.1, -0.05) is 5.16 Å². The highest BCUT2D eigenvalue weighted by molar-refractivity contribution is 5.60. The molecule has 1 aromatic heterocycles. The minimum absolute atomic E-state index is 0.0814. The van der Waals surface area contributed by atoms with E-state index in [1.807, 2.05) is 0 Å². The molecule has 0 atom stereocenters. The van der Waals surface area contributed by atoms with Crippen molar-refractivity contribution in [3.05, 3.63) is 27.2 Å². The van der Waals surface area contributed by atoms with Crippen molar-refractivity contribution in [1.29, 1.82) is 0 Å². The van der Waals surface area contributed by atoms with Gasteiger partial charge in [0.1, 0.15) is 5.69 Å². The van der Waals surface area contributed by atoms with Crippen molar-refractivity contribution in [2.24, 2.45) is 0 Å². The second kappa shape index (κ2) is 2.54. The van der Waals surface area contributed by atoms with Gasteiger partial charge in [-0.05, 0) is 5.16 Å². The Hall–Kier alpha value is -1.92. The molecule has 0 radical (unpaired) electrons. The number of allylic oxidation sites excluding steroid dienone is 1. The molecule has 0 fully saturated rings. The van der Waals surface area contributed by atoms with Crippen molar-refractivity contribution >= 4 is 5.76 Å². The number of rotatable bonds is 1. The molecule has 0 saturated heterocycles. The molecule has 1 heterocycles. The summed E-state index contributed by atoms with van der Waals surface area (Å²) >= 11 is 0. The fourth-order valence-corrected chi connectivity index (χ4v) is 1.22. The first-order chi connectivity index (χ1) is 6.20. The van der Waals surface area contributed by atoms with Crippen LogP contribution in [0.4, 0.5) is 0 Å². The standard InChI is InChI=1S/C6H5N3O4/c10-6-4(9(11)12)2-1-3-5(6)8-13-7-3/h10H,1-2H2. The minimum Gasteiger partial charge on any atom is -0.501 e. The van der Waals surface area contributed by atoms with Crippen LogP contribution in [0.15, 0.2) is 10.3 Å². The number of hydrogen-bond acceptors (Lipinski definition) is 6. The van der Waals surface area contributed by atoms with Gasteiger partial charge in [0.05, 0.1) is 4.92 Å². The highest BCUT2D eigenvalue weighted by atomic mass is 16.6. The molecule has 0 spiro atoms. The maximum atomic E-state index is 10.4. The van der Waals surface area contributed by atoms with E-state index < -0.39 is 10.7 Å². The highest BCUT2D eigenvalue weighted by Crippen LogP contribution is 2.26. The van der Waals surface area contributed by atoms with Crippen LogP contribution in [0.3, 0.4) is 0 Å². The summed E-state index contributed by atoms with van der Waals surface area (Å²) in [7, 11) is 0. The lowest BCUT2D eigenvalue weighted by molar-refractivity contribution is -0.428. The average molecular weight is 183 g/mol. The summed E-state index contributed by atoms with van der Waals surface area (Å²) in [5.41, 5.74) is 0.309. The summed E-state index contributed by atoms with van der Waals surface area (Å²) in [5.74, 6) is -0.438. The fraction of sp³-hybridized carbons (Fsp3) is 0.333. The van der Waals surface area contributed by atoms with Gasteiger partial charge in [-0.3, -0.25) is 10.1 Å². The molecule has 68 valence electrons. The van der Waals surface area contributed by atoms with Gasteiger partial charge in [0.15, 0.2) is 5.69 Å². The van der Waals surface area contributed by atoms with Gasteiger partial charge in [-0.2, -0.15) is 0 Å². The molecule has 1 N–H and O–H groups in total.